The van der Waals surface area contributed by atoms with Crippen molar-refractivity contribution in [2.24, 2.45) is 0 Å². The molecule has 28 heavy (non-hydrogen) atoms. The molecule has 4 nitrogen and oxygen atoms in total. The van der Waals surface area contributed by atoms with Crippen LogP contribution in [0.1, 0.15) is 34.5 Å². The Balaban J connectivity index is 1.93. The molecule has 0 N–H and O–H groups in total. The molecule has 1 aromatic carbocycles. The lowest BCUT2D eigenvalue weighted by molar-refractivity contribution is -0.141. The fraction of sp³-hybridized carbons (Fsp3) is 0.364. The van der Waals surface area contributed by atoms with Crippen molar-refractivity contribution in [1.82, 2.24) is 9.80 Å². The van der Waals surface area contributed by atoms with Crippen LogP contribution < -0.4 is 0 Å². The van der Waals surface area contributed by atoms with Crippen molar-refractivity contribution < 1.29 is 9.59 Å². The van der Waals surface area contributed by atoms with Gasteiger partial charge in [0.05, 0.1) is 6.04 Å². The number of alkyl halides is 1. The number of benzene rings is 1. The van der Waals surface area contributed by atoms with Gasteiger partial charge in [-0.05, 0) is 48.4 Å². The molecule has 6 heteroatoms. The van der Waals surface area contributed by atoms with Crippen LogP contribution in [-0.2, 0) is 16.0 Å². The molecule has 2 heterocycles. The average Bonchev–Trinajstić information content (AvgIpc) is 3.15. The summed E-state index contributed by atoms with van der Waals surface area (Å²) >= 11 is 7.72. The van der Waals surface area contributed by atoms with Gasteiger partial charge >= 0.3 is 0 Å². The van der Waals surface area contributed by atoms with Crippen LogP contribution in [-0.4, -0.2) is 46.6 Å². The lowest BCUT2D eigenvalue weighted by Crippen LogP contribution is -2.48. The lowest BCUT2D eigenvalue weighted by atomic mass is 9.90. The summed E-state index contributed by atoms with van der Waals surface area (Å²) in [6.45, 7) is 8.33. The quantitative estimate of drug-likeness (QED) is 0.523. The monoisotopic (exact) mass is 416 g/mol. The predicted octanol–water partition coefficient (Wildman–Crippen LogP) is 4.17. The molecule has 0 fully saturated rings. The van der Waals surface area contributed by atoms with Gasteiger partial charge in [-0.3, -0.25) is 9.59 Å². The van der Waals surface area contributed by atoms with Crippen molar-refractivity contribution in [2.45, 2.75) is 31.7 Å². The summed E-state index contributed by atoms with van der Waals surface area (Å²) in [7, 11) is 0. The Morgan fingerprint density at radius 2 is 2.11 bits per heavy atom. The van der Waals surface area contributed by atoms with Crippen LogP contribution in [0.15, 0.2) is 48.4 Å². The molecule has 0 spiro atoms. The maximum Gasteiger partial charge on any atom is 0.243 e. The fourth-order valence-corrected chi connectivity index (χ4v) is 4.75. The normalized spacial score (nSPS) is 17.0. The van der Waals surface area contributed by atoms with Gasteiger partial charge in [-0.15, -0.1) is 29.5 Å². The molecule has 1 aliphatic heterocycles. The lowest BCUT2D eigenvalue weighted by Gasteiger charge is -2.38. The Hall–Kier alpha value is -2.11. The molecule has 0 unspecified atom stereocenters. The Morgan fingerprint density at radius 1 is 1.36 bits per heavy atom. The first kappa shape index (κ1) is 20.6. The molecule has 2 atom stereocenters. The van der Waals surface area contributed by atoms with Crippen LogP contribution in [0.3, 0.4) is 0 Å². The van der Waals surface area contributed by atoms with Crippen molar-refractivity contribution in [3.63, 3.8) is 0 Å². The van der Waals surface area contributed by atoms with Crippen molar-refractivity contribution >= 4 is 34.8 Å². The summed E-state index contributed by atoms with van der Waals surface area (Å²) in [6.07, 6.45) is 2.46. The first-order valence-corrected chi connectivity index (χ1v) is 10.7. The number of hydrogen-bond acceptors (Lipinski definition) is 3. The van der Waals surface area contributed by atoms with Crippen LogP contribution in [0.2, 0.25) is 0 Å². The molecule has 0 bridgehead atoms. The minimum atomic E-state index is -0.676. The standard InChI is InChI=1S/C22H25ClN2O2S/c1-4-11-24(22(27)16(3)23)14-20(26)25-12-9-19-18(10-13-28-19)21(25)17-8-6-5-7-15(17)2/h4-8,10,13,16,21H,1,9,11-12,14H2,2-3H3/t16-,21+/m0/s1. The third-order valence-electron chi connectivity index (χ3n) is 5.10. The van der Waals surface area contributed by atoms with Gasteiger partial charge in [0.2, 0.25) is 11.8 Å². The molecule has 1 aromatic heterocycles. The zero-order valence-electron chi connectivity index (χ0n) is 16.2. The van der Waals surface area contributed by atoms with Gasteiger partial charge in [-0.2, -0.15) is 0 Å². The third-order valence-corrected chi connectivity index (χ3v) is 6.28. The smallest absolute Gasteiger partial charge is 0.243 e. The van der Waals surface area contributed by atoms with E-state index in [1.165, 1.54) is 15.3 Å². The Morgan fingerprint density at radius 3 is 2.79 bits per heavy atom. The fourth-order valence-electron chi connectivity index (χ4n) is 3.71. The van der Waals surface area contributed by atoms with Crippen LogP contribution in [0.25, 0.3) is 0 Å². The largest absolute Gasteiger partial charge is 0.330 e. The van der Waals surface area contributed by atoms with Crippen LogP contribution in [0.5, 0.6) is 0 Å². The summed E-state index contributed by atoms with van der Waals surface area (Å²) in [5.74, 6) is -0.326. The van der Waals surface area contributed by atoms with Crippen LogP contribution >= 0.6 is 22.9 Å². The van der Waals surface area contributed by atoms with E-state index in [0.717, 1.165) is 17.5 Å². The second-order valence-electron chi connectivity index (χ2n) is 7.02. The van der Waals surface area contributed by atoms with Crippen LogP contribution in [0, 0.1) is 6.92 Å². The number of thiophene rings is 1. The highest BCUT2D eigenvalue weighted by atomic mass is 35.5. The number of hydrogen-bond donors (Lipinski definition) is 0. The van der Waals surface area contributed by atoms with Crippen LogP contribution in [0.4, 0.5) is 0 Å². The number of rotatable bonds is 6. The molecular weight excluding hydrogens is 392 g/mol. The Labute approximate surface area is 175 Å². The van der Waals surface area contributed by atoms with Crippen molar-refractivity contribution in [1.29, 1.82) is 0 Å². The van der Waals surface area contributed by atoms with E-state index in [1.807, 2.05) is 17.0 Å². The Kier molecular flexibility index (Phi) is 6.57. The maximum atomic E-state index is 13.3. The van der Waals surface area contributed by atoms with Crippen molar-refractivity contribution in [2.75, 3.05) is 19.6 Å². The molecule has 1 aliphatic rings. The van der Waals surface area contributed by atoms with E-state index in [-0.39, 0.29) is 24.4 Å². The van der Waals surface area contributed by atoms with Crippen molar-refractivity contribution in [3.05, 3.63) is 69.9 Å². The van der Waals surface area contributed by atoms with Gasteiger partial charge in [-0.25, -0.2) is 0 Å². The first-order chi connectivity index (χ1) is 13.4. The minimum Gasteiger partial charge on any atom is -0.330 e. The molecule has 3 rings (SSSR count). The zero-order valence-corrected chi connectivity index (χ0v) is 17.8. The van der Waals surface area contributed by atoms with E-state index < -0.39 is 5.38 Å². The van der Waals surface area contributed by atoms with E-state index in [9.17, 15) is 9.59 Å². The average molecular weight is 417 g/mol. The number of carbonyl (C=O) groups is 2. The van der Waals surface area contributed by atoms with Gasteiger partial charge in [-0.1, -0.05) is 30.3 Å². The molecule has 0 saturated heterocycles. The second kappa shape index (κ2) is 8.93. The number of fused-ring (bicyclic) bond motifs is 1. The first-order valence-electron chi connectivity index (χ1n) is 9.39. The van der Waals surface area contributed by atoms with E-state index in [0.29, 0.717) is 13.1 Å². The van der Waals surface area contributed by atoms with Gasteiger partial charge in [0.1, 0.15) is 11.9 Å². The van der Waals surface area contributed by atoms with Gasteiger partial charge in [0.25, 0.3) is 0 Å². The second-order valence-corrected chi connectivity index (χ2v) is 8.67. The summed E-state index contributed by atoms with van der Waals surface area (Å²) in [5.41, 5.74) is 3.46. The molecule has 0 radical (unpaired) electrons. The number of carbonyl (C=O) groups excluding carboxylic acids is 2. The third kappa shape index (κ3) is 4.15. The van der Waals surface area contributed by atoms with Gasteiger partial charge in [0.15, 0.2) is 0 Å². The van der Waals surface area contributed by atoms with E-state index in [2.05, 4.69) is 37.1 Å². The highest BCUT2D eigenvalue weighted by Crippen LogP contribution is 2.38. The Bertz CT molecular complexity index is 877. The van der Waals surface area contributed by atoms with E-state index in [4.69, 9.17) is 11.6 Å². The zero-order chi connectivity index (χ0) is 20.3. The molecule has 2 aromatic rings. The maximum absolute atomic E-state index is 13.3. The molecule has 0 aliphatic carbocycles. The topological polar surface area (TPSA) is 40.6 Å². The molecular formula is C22H25ClN2O2S. The number of halogens is 1. The van der Waals surface area contributed by atoms with Crippen molar-refractivity contribution in [3.8, 4) is 0 Å². The summed E-state index contributed by atoms with van der Waals surface area (Å²) in [6, 6.07) is 10.2. The van der Waals surface area contributed by atoms with E-state index in [1.54, 1.807) is 24.3 Å². The van der Waals surface area contributed by atoms with Gasteiger partial charge < -0.3 is 9.80 Å². The highest BCUT2D eigenvalue weighted by molar-refractivity contribution is 7.10. The van der Waals surface area contributed by atoms with E-state index >= 15 is 0 Å². The summed E-state index contributed by atoms with van der Waals surface area (Å²) < 4.78 is 0. The summed E-state index contributed by atoms with van der Waals surface area (Å²) in [5, 5.41) is 1.41. The predicted molar refractivity (Wildman–Crippen MR) is 115 cm³/mol. The number of amides is 2. The summed E-state index contributed by atoms with van der Waals surface area (Å²) in [4.78, 5) is 30.4. The SMILES string of the molecule is C=CCN(CC(=O)N1CCc2sccc2[C@H]1c1ccccc1C)C(=O)[C@H](C)Cl. The number of aryl methyl sites for hydroxylation is 1. The minimum absolute atomic E-state index is 0.00374. The highest BCUT2D eigenvalue weighted by Gasteiger charge is 2.34. The molecule has 2 amide bonds. The molecule has 148 valence electrons. The van der Waals surface area contributed by atoms with Gasteiger partial charge in [0, 0.05) is 18.0 Å². The number of nitrogens with zero attached hydrogens (tertiary/aromatic N) is 2. The molecule has 0 saturated carbocycles.